The van der Waals surface area contributed by atoms with Crippen molar-refractivity contribution in [1.29, 1.82) is 0 Å². The van der Waals surface area contributed by atoms with Gasteiger partial charge in [0.15, 0.2) is 0 Å². The van der Waals surface area contributed by atoms with Crippen LogP contribution in [0.1, 0.15) is 54.4 Å². The van der Waals surface area contributed by atoms with Gasteiger partial charge in [0.25, 0.3) is 5.91 Å². The fourth-order valence-corrected chi connectivity index (χ4v) is 3.73. The minimum atomic E-state index is 0.0719. The molecule has 1 aliphatic carbocycles. The maximum absolute atomic E-state index is 13.7. The number of amides is 1. The number of nitrogens with zero attached hydrogens (tertiary/aromatic N) is 2. The van der Waals surface area contributed by atoms with E-state index in [1.54, 1.807) is 0 Å². The average molecular weight is 373 g/mol. The molecule has 0 bridgehead atoms. The molecule has 3 nitrogen and oxygen atoms in total. The van der Waals surface area contributed by atoms with Crippen LogP contribution in [0.5, 0.6) is 0 Å². The molecule has 1 heterocycles. The molecule has 3 aromatic rings. The number of para-hydroxylation sites is 1. The van der Waals surface area contributed by atoms with E-state index in [2.05, 4.69) is 36.6 Å². The van der Waals surface area contributed by atoms with Crippen LogP contribution in [0.3, 0.4) is 0 Å². The highest BCUT2D eigenvalue weighted by Gasteiger charge is 2.28. The Kier molecular flexibility index (Phi) is 5.34. The topological polar surface area (TPSA) is 25.2 Å². The van der Waals surface area contributed by atoms with Crippen molar-refractivity contribution in [2.24, 2.45) is 5.92 Å². The summed E-state index contributed by atoms with van der Waals surface area (Å²) in [6, 6.07) is 24.3. The number of aromatic nitrogens is 1. The Labute approximate surface area is 167 Å². The summed E-state index contributed by atoms with van der Waals surface area (Å²) in [4.78, 5) is 15.6. The zero-order valence-electron chi connectivity index (χ0n) is 16.7. The molecule has 144 valence electrons. The highest BCUT2D eigenvalue weighted by molar-refractivity contribution is 6.05. The Balaban J connectivity index is 1.71. The van der Waals surface area contributed by atoms with E-state index in [0.717, 1.165) is 29.4 Å². The number of rotatable bonds is 7. The summed E-state index contributed by atoms with van der Waals surface area (Å²) in [5.74, 6) is 1.19. The number of hydrogen-bond donors (Lipinski definition) is 0. The summed E-state index contributed by atoms with van der Waals surface area (Å²) in [5, 5.41) is 0. The van der Waals surface area contributed by atoms with Crippen molar-refractivity contribution in [3.8, 4) is 0 Å². The molecule has 0 spiro atoms. The summed E-state index contributed by atoms with van der Waals surface area (Å²) < 4.78 is 2.27. The largest absolute Gasteiger partial charge is 0.340 e. The van der Waals surface area contributed by atoms with Crippen LogP contribution in [-0.2, 0) is 13.1 Å². The normalized spacial score (nSPS) is 13.7. The Hall–Kier alpha value is -2.81. The van der Waals surface area contributed by atoms with E-state index >= 15 is 0 Å². The molecule has 3 heteroatoms. The van der Waals surface area contributed by atoms with Gasteiger partial charge in [-0.1, -0.05) is 62.4 Å². The van der Waals surface area contributed by atoms with Gasteiger partial charge in [0.05, 0.1) is 6.54 Å². The second-order valence-electron chi connectivity index (χ2n) is 8.06. The van der Waals surface area contributed by atoms with Gasteiger partial charge in [0.2, 0.25) is 0 Å². The van der Waals surface area contributed by atoms with Crippen molar-refractivity contribution >= 4 is 11.6 Å². The van der Waals surface area contributed by atoms with Crippen molar-refractivity contribution < 1.29 is 4.79 Å². The summed E-state index contributed by atoms with van der Waals surface area (Å²) in [6.07, 6.45) is 2.55. The van der Waals surface area contributed by atoms with Gasteiger partial charge in [0.1, 0.15) is 5.69 Å². The lowest BCUT2D eigenvalue weighted by Gasteiger charge is -2.25. The van der Waals surface area contributed by atoms with Crippen LogP contribution in [0.15, 0.2) is 72.8 Å². The number of carbonyl (C=O) groups is 1. The van der Waals surface area contributed by atoms with Crippen molar-refractivity contribution in [2.75, 3.05) is 4.90 Å². The van der Waals surface area contributed by atoms with E-state index in [0.29, 0.717) is 12.5 Å². The van der Waals surface area contributed by atoms with E-state index in [1.807, 2.05) is 59.5 Å². The number of benzene rings is 2. The van der Waals surface area contributed by atoms with Gasteiger partial charge in [-0.3, -0.25) is 4.79 Å². The van der Waals surface area contributed by atoms with E-state index in [4.69, 9.17) is 0 Å². The maximum atomic E-state index is 13.7. The molecule has 0 unspecified atom stereocenters. The summed E-state index contributed by atoms with van der Waals surface area (Å²) in [7, 11) is 0. The first kappa shape index (κ1) is 18.5. The molecule has 0 radical (unpaired) electrons. The molecular weight excluding hydrogens is 344 g/mol. The third-order valence-corrected chi connectivity index (χ3v) is 5.46. The second kappa shape index (κ2) is 8.05. The van der Waals surface area contributed by atoms with Crippen LogP contribution in [0.25, 0.3) is 0 Å². The number of anilines is 1. The molecule has 1 amide bonds. The molecular formula is C25H28N2O. The highest BCUT2D eigenvalue weighted by atomic mass is 16.2. The second-order valence-corrected chi connectivity index (χ2v) is 8.06. The van der Waals surface area contributed by atoms with Gasteiger partial charge in [-0.15, -0.1) is 0 Å². The molecule has 1 aliphatic rings. The molecule has 1 aromatic heterocycles. The molecule has 0 atom stereocenters. The van der Waals surface area contributed by atoms with Gasteiger partial charge in [-0.25, -0.2) is 0 Å². The van der Waals surface area contributed by atoms with Crippen molar-refractivity contribution in [3.63, 3.8) is 0 Å². The molecule has 1 fully saturated rings. The van der Waals surface area contributed by atoms with Crippen molar-refractivity contribution in [2.45, 2.75) is 45.7 Å². The first-order valence-electron chi connectivity index (χ1n) is 10.2. The van der Waals surface area contributed by atoms with Crippen LogP contribution in [0.4, 0.5) is 5.69 Å². The van der Waals surface area contributed by atoms with Crippen molar-refractivity contribution in [1.82, 2.24) is 4.57 Å². The Bertz CT molecular complexity index is 924. The minimum absolute atomic E-state index is 0.0719. The lowest BCUT2D eigenvalue weighted by molar-refractivity contribution is 0.0975. The Morgan fingerprint density at radius 1 is 0.964 bits per heavy atom. The summed E-state index contributed by atoms with van der Waals surface area (Å²) in [6.45, 7) is 5.92. The predicted octanol–water partition coefficient (Wildman–Crippen LogP) is 5.87. The molecule has 28 heavy (non-hydrogen) atoms. The SMILES string of the molecule is CC(C)c1ccc(C(=O)N(Cc2ccccc2)c2ccccc2)n1CC1CC1. The predicted molar refractivity (Wildman–Crippen MR) is 115 cm³/mol. The van der Waals surface area contributed by atoms with Gasteiger partial charge in [-0.2, -0.15) is 0 Å². The van der Waals surface area contributed by atoms with Crippen LogP contribution < -0.4 is 4.90 Å². The minimum Gasteiger partial charge on any atom is -0.340 e. The molecule has 0 N–H and O–H groups in total. The van der Waals surface area contributed by atoms with E-state index in [-0.39, 0.29) is 5.91 Å². The third-order valence-electron chi connectivity index (χ3n) is 5.46. The van der Waals surface area contributed by atoms with Gasteiger partial charge in [-0.05, 0) is 54.5 Å². The summed E-state index contributed by atoms with van der Waals surface area (Å²) in [5.41, 5.74) is 4.11. The highest BCUT2D eigenvalue weighted by Crippen LogP contribution is 2.33. The summed E-state index contributed by atoms with van der Waals surface area (Å²) >= 11 is 0. The quantitative estimate of drug-likeness (QED) is 0.509. The Morgan fingerprint density at radius 3 is 2.21 bits per heavy atom. The standard InChI is InChI=1S/C25H28N2O/c1-19(2)23-15-16-24(27(23)18-21-13-14-21)25(28)26(22-11-7-4-8-12-22)17-20-9-5-3-6-10-20/h3-12,15-16,19,21H,13-14,17-18H2,1-2H3. The lowest BCUT2D eigenvalue weighted by atomic mass is 10.1. The molecule has 4 rings (SSSR count). The first-order chi connectivity index (χ1) is 13.6. The fraction of sp³-hybridized carbons (Fsp3) is 0.320. The zero-order chi connectivity index (χ0) is 19.5. The van der Waals surface area contributed by atoms with E-state index in [1.165, 1.54) is 18.5 Å². The fourth-order valence-electron chi connectivity index (χ4n) is 3.73. The van der Waals surface area contributed by atoms with Gasteiger partial charge < -0.3 is 9.47 Å². The van der Waals surface area contributed by atoms with Crippen LogP contribution in [-0.4, -0.2) is 10.5 Å². The van der Waals surface area contributed by atoms with Crippen LogP contribution >= 0.6 is 0 Å². The maximum Gasteiger partial charge on any atom is 0.275 e. The zero-order valence-corrected chi connectivity index (χ0v) is 16.7. The lowest BCUT2D eigenvalue weighted by Crippen LogP contribution is -2.32. The van der Waals surface area contributed by atoms with Crippen molar-refractivity contribution in [3.05, 3.63) is 89.7 Å². The third kappa shape index (κ3) is 4.04. The van der Waals surface area contributed by atoms with E-state index in [9.17, 15) is 4.79 Å². The molecule has 2 aromatic carbocycles. The van der Waals surface area contributed by atoms with Gasteiger partial charge >= 0.3 is 0 Å². The Morgan fingerprint density at radius 2 is 1.61 bits per heavy atom. The van der Waals surface area contributed by atoms with Crippen LogP contribution in [0.2, 0.25) is 0 Å². The number of hydrogen-bond acceptors (Lipinski definition) is 1. The first-order valence-corrected chi connectivity index (χ1v) is 10.2. The van der Waals surface area contributed by atoms with Gasteiger partial charge in [0, 0.05) is 17.9 Å². The molecule has 0 saturated heterocycles. The molecule has 0 aliphatic heterocycles. The average Bonchev–Trinajstić information content (AvgIpc) is 3.43. The van der Waals surface area contributed by atoms with E-state index < -0.39 is 0 Å². The van der Waals surface area contributed by atoms with Crippen LogP contribution in [0, 0.1) is 5.92 Å². The smallest absolute Gasteiger partial charge is 0.275 e. The monoisotopic (exact) mass is 372 g/mol. The number of carbonyl (C=O) groups excluding carboxylic acids is 1. The molecule has 1 saturated carbocycles.